The first-order chi connectivity index (χ1) is 19.2. The smallest absolute Gasteiger partial charge is 0.294 e. The lowest BCUT2D eigenvalue weighted by Gasteiger charge is -2.38. The van der Waals surface area contributed by atoms with Gasteiger partial charge >= 0.3 is 0 Å². The number of hydrogen-bond acceptors (Lipinski definition) is 8. The van der Waals surface area contributed by atoms with E-state index in [-0.39, 0.29) is 64.3 Å². The van der Waals surface area contributed by atoms with Gasteiger partial charge in [0.1, 0.15) is 29.4 Å². The molecule has 0 aromatic carbocycles. The van der Waals surface area contributed by atoms with Crippen LogP contribution in [0.1, 0.15) is 46.7 Å². The summed E-state index contributed by atoms with van der Waals surface area (Å²) in [6.07, 6.45) is 5.28. The van der Waals surface area contributed by atoms with Crippen molar-refractivity contribution < 1.29 is 28.3 Å². The number of nitrogens with one attached hydrogen (secondary N) is 2. The number of amides is 4. The van der Waals surface area contributed by atoms with E-state index in [4.69, 9.17) is 20.8 Å². The van der Waals surface area contributed by atoms with Crippen LogP contribution < -0.4 is 10.6 Å². The van der Waals surface area contributed by atoms with Gasteiger partial charge in [-0.1, -0.05) is 11.6 Å². The lowest BCUT2D eigenvalue weighted by Crippen LogP contribution is -2.49. The molecule has 12 nitrogen and oxygen atoms in total. The number of aromatic nitrogens is 2. The molecule has 5 rings (SSSR count). The quantitative estimate of drug-likeness (QED) is 0.461. The van der Waals surface area contributed by atoms with Gasteiger partial charge in [0.25, 0.3) is 11.8 Å². The number of halogens is 1. The molecule has 2 fully saturated rings. The molecule has 0 atom stereocenters. The van der Waals surface area contributed by atoms with Crippen LogP contribution in [0.3, 0.4) is 0 Å². The molecule has 1 saturated heterocycles. The summed E-state index contributed by atoms with van der Waals surface area (Å²) >= 11 is 5.90. The normalized spacial score (nSPS) is 19.4. The molecule has 13 heteroatoms. The highest BCUT2D eigenvalue weighted by molar-refractivity contribution is 6.30. The molecule has 40 heavy (non-hydrogen) atoms. The third-order valence-corrected chi connectivity index (χ3v) is 7.39. The highest BCUT2D eigenvalue weighted by atomic mass is 35.5. The standard InChI is InChI=1S/C27H29ClN6O6/c1-33(2)27(38)23-21-18(9-10-29-23)40-24(26(37)31-19-8-5-16(28)13-30-19)22(21)32-25(36)15-3-6-17(7-4-15)34-11-12-39-14-20(34)35/h5,8-10,13,15,17H,3-4,6-7,11-12,14H2,1-2H3,(H,32,36)(H,30,31,37). The molecule has 4 heterocycles. The number of pyridine rings is 2. The summed E-state index contributed by atoms with van der Waals surface area (Å²) in [5.74, 6) is -1.72. The summed E-state index contributed by atoms with van der Waals surface area (Å²) in [4.78, 5) is 63.6. The number of fused-ring (bicyclic) bond motifs is 1. The van der Waals surface area contributed by atoms with Gasteiger partial charge in [-0.2, -0.15) is 0 Å². The average Bonchev–Trinajstić information content (AvgIpc) is 3.32. The van der Waals surface area contributed by atoms with Crippen LogP contribution in [-0.2, 0) is 14.3 Å². The van der Waals surface area contributed by atoms with Crippen molar-refractivity contribution >= 4 is 57.7 Å². The van der Waals surface area contributed by atoms with Gasteiger partial charge < -0.3 is 29.6 Å². The predicted molar refractivity (Wildman–Crippen MR) is 146 cm³/mol. The zero-order valence-electron chi connectivity index (χ0n) is 22.1. The van der Waals surface area contributed by atoms with E-state index in [1.807, 2.05) is 4.90 Å². The summed E-state index contributed by atoms with van der Waals surface area (Å²) in [5, 5.41) is 6.15. The molecule has 2 aliphatic rings. The van der Waals surface area contributed by atoms with Crippen LogP contribution in [0.15, 0.2) is 35.0 Å². The third-order valence-electron chi connectivity index (χ3n) is 7.16. The number of carbonyl (C=O) groups excluding carboxylic acids is 4. The van der Waals surface area contributed by atoms with Crippen molar-refractivity contribution in [2.24, 2.45) is 5.92 Å². The Balaban J connectivity index is 1.42. The van der Waals surface area contributed by atoms with Gasteiger partial charge in [-0.3, -0.25) is 24.2 Å². The maximum absolute atomic E-state index is 13.5. The summed E-state index contributed by atoms with van der Waals surface area (Å²) in [6.45, 7) is 1.16. The van der Waals surface area contributed by atoms with Gasteiger partial charge in [-0.15, -0.1) is 0 Å². The molecule has 0 spiro atoms. The second kappa shape index (κ2) is 11.6. The first kappa shape index (κ1) is 27.5. The molecule has 3 aromatic rings. The van der Waals surface area contributed by atoms with Gasteiger partial charge in [0.15, 0.2) is 0 Å². The molecule has 210 valence electrons. The molecule has 4 amide bonds. The molecule has 0 unspecified atom stereocenters. The van der Waals surface area contributed by atoms with E-state index in [9.17, 15) is 19.2 Å². The molecule has 3 aromatic heterocycles. The largest absolute Gasteiger partial charge is 0.448 e. The second-order valence-corrected chi connectivity index (χ2v) is 10.4. The fraction of sp³-hybridized carbons (Fsp3) is 0.407. The number of rotatable bonds is 6. The van der Waals surface area contributed by atoms with Crippen LogP contribution in [0, 0.1) is 5.92 Å². The Morgan fingerprint density at radius 2 is 1.85 bits per heavy atom. The van der Waals surface area contributed by atoms with Crippen LogP contribution >= 0.6 is 11.6 Å². The molecule has 0 radical (unpaired) electrons. The van der Waals surface area contributed by atoms with Crippen LogP contribution in [-0.4, -0.2) is 83.3 Å². The van der Waals surface area contributed by atoms with Crippen molar-refractivity contribution in [2.45, 2.75) is 31.7 Å². The number of furan rings is 1. The molecule has 1 aliphatic carbocycles. The van der Waals surface area contributed by atoms with Gasteiger partial charge in [0.2, 0.25) is 17.6 Å². The van der Waals surface area contributed by atoms with Crippen LogP contribution in [0.5, 0.6) is 0 Å². The summed E-state index contributed by atoms with van der Waals surface area (Å²) in [6, 6.07) is 4.70. The highest BCUT2D eigenvalue weighted by Crippen LogP contribution is 2.36. The lowest BCUT2D eigenvalue weighted by molar-refractivity contribution is -0.146. The predicted octanol–water partition coefficient (Wildman–Crippen LogP) is 3.19. The zero-order chi connectivity index (χ0) is 28.4. The van der Waals surface area contributed by atoms with E-state index in [1.165, 1.54) is 29.4 Å². The van der Waals surface area contributed by atoms with Gasteiger partial charge in [0.05, 0.1) is 17.0 Å². The average molecular weight is 569 g/mol. The Hall–Kier alpha value is -4.03. The van der Waals surface area contributed by atoms with Crippen molar-refractivity contribution in [3.05, 3.63) is 47.1 Å². The Bertz CT molecular complexity index is 1450. The Morgan fingerprint density at radius 3 is 2.52 bits per heavy atom. The molecule has 1 aliphatic heterocycles. The third kappa shape index (κ3) is 5.63. The first-order valence-electron chi connectivity index (χ1n) is 13.0. The van der Waals surface area contributed by atoms with Crippen molar-refractivity contribution in [2.75, 3.05) is 44.5 Å². The summed E-state index contributed by atoms with van der Waals surface area (Å²) in [7, 11) is 3.16. The van der Waals surface area contributed by atoms with Crippen LogP contribution in [0.2, 0.25) is 5.02 Å². The highest BCUT2D eigenvalue weighted by Gasteiger charge is 2.34. The van der Waals surface area contributed by atoms with Crippen molar-refractivity contribution in [1.29, 1.82) is 0 Å². The second-order valence-electron chi connectivity index (χ2n) is 9.99. The Kier molecular flexibility index (Phi) is 7.99. The first-order valence-corrected chi connectivity index (χ1v) is 13.3. The minimum absolute atomic E-state index is 0.0274. The summed E-state index contributed by atoms with van der Waals surface area (Å²) in [5.41, 5.74) is 0.328. The number of nitrogens with zero attached hydrogens (tertiary/aromatic N) is 4. The van der Waals surface area contributed by atoms with Crippen molar-refractivity contribution in [3.8, 4) is 0 Å². The molecule has 2 N–H and O–H groups in total. The van der Waals surface area contributed by atoms with E-state index in [0.29, 0.717) is 43.9 Å². The molecule has 1 saturated carbocycles. The number of carbonyl (C=O) groups is 4. The van der Waals surface area contributed by atoms with Gasteiger partial charge in [0, 0.05) is 45.0 Å². The van der Waals surface area contributed by atoms with Crippen molar-refractivity contribution in [1.82, 2.24) is 19.8 Å². The minimum Gasteiger partial charge on any atom is -0.448 e. The Morgan fingerprint density at radius 1 is 1.07 bits per heavy atom. The van der Waals surface area contributed by atoms with Crippen LogP contribution in [0.4, 0.5) is 11.5 Å². The van der Waals surface area contributed by atoms with E-state index >= 15 is 0 Å². The van der Waals surface area contributed by atoms with Gasteiger partial charge in [-0.25, -0.2) is 4.98 Å². The number of ether oxygens (including phenoxy) is 1. The van der Waals surface area contributed by atoms with Crippen molar-refractivity contribution in [3.63, 3.8) is 0 Å². The lowest BCUT2D eigenvalue weighted by atomic mass is 9.84. The maximum Gasteiger partial charge on any atom is 0.294 e. The van der Waals surface area contributed by atoms with Crippen LogP contribution in [0.25, 0.3) is 11.0 Å². The number of morpholine rings is 1. The molecular formula is C27H29ClN6O6. The SMILES string of the molecule is CN(C)C(=O)c1nccc2oc(C(=O)Nc3ccc(Cl)cn3)c(NC(=O)C3CCC(N4CCOCC4=O)CC3)c12. The fourth-order valence-electron chi connectivity index (χ4n) is 5.11. The number of anilines is 2. The number of hydrogen-bond donors (Lipinski definition) is 2. The fourth-order valence-corrected chi connectivity index (χ4v) is 5.22. The maximum atomic E-state index is 13.5. The van der Waals surface area contributed by atoms with E-state index in [0.717, 1.165) is 0 Å². The van der Waals surface area contributed by atoms with E-state index in [1.54, 1.807) is 20.2 Å². The molecule has 0 bridgehead atoms. The minimum atomic E-state index is -0.667. The molecular weight excluding hydrogens is 540 g/mol. The van der Waals surface area contributed by atoms with Gasteiger partial charge in [-0.05, 0) is 43.9 Å². The Labute approximate surface area is 235 Å². The zero-order valence-corrected chi connectivity index (χ0v) is 22.9. The topological polar surface area (TPSA) is 147 Å². The summed E-state index contributed by atoms with van der Waals surface area (Å²) < 4.78 is 11.1. The monoisotopic (exact) mass is 568 g/mol. The van der Waals surface area contributed by atoms with E-state index in [2.05, 4.69) is 20.6 Å². The van der Waals surface area contributed by atoms with E-state index < -0.39 is 11.8 Å².